The molecule has 104 valence electrons. The van der Waals surface area contributed by atoms with Gasteiger partial charge in [-0.1, -0.05) is 25.7 Å². The summed E-state index contributed by atoms with van der Waals surface area (Å²) in [7, 11) is 0. The van der Waals surface area contributed by atoms with Gasteiger partial charge in [-0.25, -0.2) is 0 Å². The SMILES string of the molecule is Cl.Cl.NC1CCN(CC2CCCCCC2)CC1. The minimum Gasteiger partial charge on any atom is -0.328 e. The fourth-order valence-corrected chi connectivity index (χ4v) is 3.05. The van der Waals surface area contributed by atoms with Crippen LogP contribution in [0, 0.1) is 5.92 Å². The lowest BCUT2D eigenvalue weighted by Gasteiger charge is -2.32. The molecule has 1 heterocycles. The topological polar surface area (TPSA) is 29.3 Å². The molecule has 0 radical (unpaired) electrons. The summed E-state index contributed by atoms with van der Waals surface area (Å²) in [4.78, 5) is 2.65. The van der Waals surface area contributed by atoms with Crippen molar-refractivity contribution >= 4 is 24.8 Å². The van der Waals surface area contributed by atoms with Crippen molar-refractivity contribution in [1.29, 1.82) is 0 Å². The molecule has 0 spiro atoms. The van der Waals surface area contributed by atoms with E-state index in [1.807, 2.05) is 0 Å². The van der Waals surface area contributed by atoms with Gasteiger partial charge in [0.1, 0.15) is 0 Å². The molecule has 0 aromatic heterocycles. The van der Waals surface area contributed by atoms with E-state index in [9.17, 15) is 0 Å². The lowest BCUT2D eigenvalue weighted by atomic mass is 9.98. The maximum absolute atomic E-state index is 5.93. The van der Waals surface area contributed by atoms with Crippen molar-refractivity contribution in [3.8, 4) is 0 Å². The molecule has 17 heavy (non-hydrogen) atoms. The molecule has 2 aliphatic rings. The number of rotatable bonds is 2. The highest BCUT2D eigenvalue weighted by Crippen LogP contribution is 2.24. The molecule has 1 aliphatic heterocycles. The highest BCUT2D eigenvalue weighted by atomic mass is 35.5. The Kier molecular flexibility index (Phi) is 9.71. The van der Waals surface area contributed by atoms with Gasteiger partial charge in [0, 0.05) is 12.6 Å². The number of hydrogen-bond acceptors (Lipinski definition) is 2. The second-order valence-electron chi connectivity index (χ2n) is 5.50. The van der Waals surface area contributed by atoms with Crippen LogP contribution in [0.3, 0.4) is 0 Å². The minimum absolute atomic E-state index is 0. The number of nitrogens with two attached hydrogens (primary N) is 1. The second-order valence-corrected chi connectivity index (χ2v) is 5.50. The van der Waals surface area contributed by atoms with E-state index < -0.39 is 0 Å². The van der Waals surface area contributed by atoms with Gasteiger partial charge in [-0.3, -0.25) is 0 Å². The molecule has 1 saturated carbocycles. The number of nitrogens with zero attached hydrogens (tertiary/aromatic N) is 1. The van der Waals surface area contributed by atoms with E-state index in [1.165, 1.54) is 71.0 Å². The lowest BCUT2D eigenvalue weighted by molar-refractivity contribution is 0.176. The van der Waals surface area contributed by atoms with Crippen LogP contribution in [0.4, 0.5) is 0 Å². The van der Waals surface area contributed by atoms with Crippen molar-refractivity contribution < 1.29 is 0 Å². The summed E-state index contributed by atoms with van der Waals surface area (Å²) in [5.41, 5.74) is 5.93. The van der Waals surface area contributed by atoms with Crippen LogP contribution in [0.1, 0.15) is 51.4 Å². The molecule has 2 rings (SSSR count). The van der Waals surface area contributed by atoms with Crippen molar-refractivity contribution in [1.82, 2.24) is 4.90 Å². The van der Waals surface area contributed by atoms with Crippen molar-refractivity contribution in [2.45, 2.75) is 57.4 Å². The highest BCUT2D eigenvalue weighted by Gasteiger charge is 2.20. The minimum atomic E-state index is 0. The van der Waals surface area contributed by atoms with E-state index >= 15 is 0 Å². The quantitative estimate of drug-likeness (QED) is 0.788. The first kappa shape index (κ1) is 17.5. The summed E-state index contributed by atoms with van der Waals surface area (Å²) in [6.45, 7) is 3.85. The predicted molar refractivity (Wildman–Crippen MR) is 79.3 cm³/mol. The van der Waals surface area contributed by atoms with Gasteiger partial charge in [-0.05, 0) is 44.7 Å². The molecule has 0 atom stereocenters. The molecular formula is C13H28Cl2N2. The third-order valence-corrected chi connectivity index (χ3v) is 4.12. The van der Waals surface area contributed by atoms with Gasteiger partial charge in [0.2, 0.25) is 0 Å². The molecule has 0 aromatic carbocycles. The molecular weight excluding hydrogens is 255 g/mol. The Balaban J connectivity index is 0.00000128. The average molecular weight is 283 g/mol. The molecule has 2 nitrogen and oxygen atoms in total. The van der Waals surface area contributed by atoms with Crippen LogP contribution in [0.15, 0.2) is 0 Å². The smallest absolute Gasteiger partial charge is 0.00631 e. The van der Waals surface area contributed by atoms with E-state index in [0.29, 0.717) is 6.04 Å². The van der Waals surface area contributed by atoms with Gasteiger partial charge in [0.05, 0.1) is 0 Å². The zero-order chi connectivity index (χ0) is 10.5. The zero-order valence-electron chi connectivity index (χ0n) is 10.8. The van der Waals surface area contributed by atoms with Crippen molar-refractivity contribution in [2.24, 2.45) is 11.7 Å². The fourth-order valence-electron chi connectivity index (χ4n) is 3.05. The van der Waals surface area contributed by atoms with E-state index in [4.69, 9.17) is 5.73 Å². The average Bonchev–Trinajstić information content (AvgIpc) is 2.50. The van der Waals surface area contributed by atoms with Crippen LogP contribution in [0.25, 0.3) is 0 Å². The molecule has 2 N–H and O–H groups in total. The Bertz CT molecular complexity index is 174. The summed E-state index contributed by atoms with van der Waals surface area (Å²) in [5.74, 6) is 0.988. The maximum Gasteiger partial charge on any atom is 0.00631 e. The normalized spacial score (nSPS) is 24.5. The molecule has 0 unspecified atom stereocenters. The molecule has 1 saturated heterocycles. The van der Waals surface area contributed by atoms with Crippen LogP contribution < -0.4 is 5.73 Å². The van der Waals surface area contributed by atoms with E-state index in [2.05, 4.69) is 4.90 Å². The van der Waals surface area contributed by atoms with Gasteiger partial charge in [0.25, 0.3) is 0 Å². The van der Waals surface area contributed by atoms with Crippen LogP contribution >= 0.6 is 24.8 Å². The third kappa shape index (κ3) is 6.28. The summed E-state index contributed by atoms with van der Waals surface area (Å²) < 4.78 is 0. The molecule has 0 aromatic rings. The van der Waals surface area contributed by atoms with Gasteiger partial charge in [-0.2, -0.15) is 0 Å². The zero-order valence-corrected chi connectivity index (χ0v) is 12.4. The van der Waals surface area contributed by atoms with Crippen LogP contribution in [0.2, 0.25) is 0 Å². The number of hydrogen-bond donors (Lipinski definition) is 1. The van der Waals surface area contributed by atoms with Crippen LogP contribution in [-0.4, -0.2) is 30.6 Å². The standard InChI is InChI=1S/C13H26N2.2ClH/c14-13-7-9-15(10-8-13)11-12-5-3-1-2-4-6-12;;/h12-13H,1-11,14H2;2*1H. The van der Waals surface area contributed by atoms with Crippen LogP contribution in [0.5, 0.6) is 0 Å². The lowest BCUT2D eigenvalue weighted by Crippen LogP contribution is -2.41. The van der Waals surface area contributed by atoms with Crippen molar-refractivity contribution in [2.75, 3.05) is 19.6 Å². The summed E-state index contributed by atoms with van der Waals surface area (Å²) in [6.07, 6.45) is 11.3. The summed E-state index contributed by atoms with van der Waals surface area (Å²) >= 11 is 0. The largest absolute Gasteiger partial charge is 0.328 e. The Morgan fingerprint density at radius 1 is 0.824 bits per heavy atom. The number of halogens is 2. The first-order chi connectivity index (χ1) is 7.34. The maximum atomic E-state index is 5.93. The van der Waals surface area contributed by atoms with Gasteiger partial charge in [0.15, 0.2) is 0 Å². The first-order valence-electron chi connectivity index (χ1n) is 6.82. The van der Waals surface area contributed by atoms with E-state index in [1.54, 1.807) is 0 Å². The molecule has 4 heteroatoms. The van der Waals surface area contributed by atoms with Gasteiger partial charge >= 0.3 is 0 Å². The Hall–Kier alpha value is 0.500. The molecule has 0 bridgehead atoms. The number of piperidine rings is 1. The number of likely N-dealkylation sites (tertiary alicyclic amines) is 1. The molecule has 0 amide bonds. The van der Waals surface area contributed by atoms with Gasteiger partial charge in [-0.15, -0.1) is 24.8 Å². The molecule has 1 aliphatic carbocycles. The predicted octanol–water partition coefficient (Wildman–Crippen LogP) is 3.22. The first-order valence-corrected chi connectivity index (χ1v) is 6.82. The summed E-state index contributed by atoms with van der Waals surface area (Å²) in [5, 5.41) is 0. The van der Waals surface area contributed by atoms with Gasteiger partial charge < -0.3 is 10.6 Å². The van der Waals surface area contributed by atoms with Crippen molar-refractivity contribution in [3.63, 3.8) is 0 Å². The molecule has 2 fully saturated rings. The Labute approximate surface area is 119 Å². The fraction of sp³-hybridized carbons (Fsp3) is 1.00. The van der Waals surface area contributed by atoms with Crippen LogP contribution in [-0.2, 0) is 0 Å². The summed E-state index contributed by atoms with van der Waals surface area (Å²) in [6, 6.07) is 0.482. The van der Waals surface area contributed by atoms with Crippen molar-refractivity contribution in [3.05, 3.63) is 0 Å². The Morgan fingerprint density at radius 3 is 1.88 bits per heavy atom. The Morgan fingerprint density at radius 2 is 1.35 bits per heavy atom. The third-order valence-electron chi connectivity index (χ3n) is 4.12. The monoisotopic (exact) mass is 282 g/mol. The van der Waals surface area contributed by atoms with E-state index in [-0.39, 0.29) is 24.8 Å². The van der Waals surface area contributed by atoms with E-state index in [0.717, 1.165) is 5.92 Å². The highest BCUT2D eigenvalue weighted by molar-refractivity contribution is 5.85. The second kappa shape index (κ2) is 9.43.